The summed E-state index contributed by atoms with van der Waals surface area (Å²) in [5, 5.41) is 13.4. The van der Waals surface area contributed by atoms with Gasteiger partial charge in [-0.05, 0) is 25.0 Å². The molecule has 3 heterocycles. The summed E-state index contributed by atoms with van der Waals surface area (Å²) in [6.45, 7) is 9.94. The van der Waals surface area contributed by atoms with Crippen molar-refractivity contribution < 1.29 is 0 Å². The molecule has 1 aromatic carbocycles. The number of allylic oxidation sites excluding steroid dienone is 1. The van der Waals surface area contributed by atoms with Crippen LogP contribution in [0, 0.1) is 0 Å². The van der Waals surface area contributed by atoms with Crippen LogP contribution in [-0.4, -0.2) is 31.1 Å². The highest BCUT2D eigenvalue weighted by Crippen LogP contribution is 2.35. The van der Waals surface area contributed by atoms with Gasteiger partial charge in [0.15, 0.2) is 0 Å². The minimum Gasteiger partial charge on any atom is -0.310 e. The van der Waals surface area contributed by atoms with Crippen LogP contribution in [0.25, 0.3) is 0 Å². The van der Waals surface area contributed by atoms with E-state index in [0.29, 0.717) is 6.54 Å². The smallest absolute Gasteiger partial charge is 0.232 e. The first-order chi connectivity index (χ1) is 12.5. The Hall–Kier alpha value is -2.89. The zero-order chi connectivity index (χ0) is 18.3. The van der Waals surface area contributed by atoms with E-state index in [0.717, 1.165) is 35.9 Å². The molecule has 0 N–H and O–H groups in total. The molecule has 2 aromatic heterocycles. The summed E-state index contributed by atoms with van der Waals surface area (Å²) >= 11 is 0. The molecule has 6 heteroatoms. The number of anilines is 2. The minimum atomic E-state index is 0.113. The minimum absolute atomic E-state index is 0.113. The zero-order valence-corrected chi connectivity index (χ0v) is 15.6. The summed E-state index contributed by atoms with van der Waals surface area (Å²) < 4.78 is 4.02. The van der Waals surface area contributed by atoms with E-state index in [-0.39, 0.29) is 5.92 Å². The fourth-order valence-corrected chi connectivity index (χ4v) is 3.61. The van der Waals surface area contributed by atoms with Gasteiger partial charge in [-0.1, -0.05) is 37.3 Å². The van der Waals surface area contributed by atoms with Crippen molar-refractivity contribution in [2.24, 2.45) is 7.05 Å². The molecule has 0 amide bonds. The van der Waals surface area contributed by atoms with Crippen molar-refractivity contribution in [3.63, 3.8) is 0 Å². The largest absolute Gasteiger partial charge is 0.310 e. The standard InChI is InChI=1S/C20H24N6/c1-14(2)12-26-19(15(3)17-11-21-24(4)13-17)22-23-20(26)25-10-9-16-7-5-6-8-18(16)25/h5-8,11,13,15H,1,9-10,12H2,2-4H3. The van der Waals surface area contributed by atoms with E-state index >= 15 is 0 Å². The molecule has 0 saturated heterocycles. The van der Waals surface area contributed by atoms with Crippen LogP contribution in [0.2, 0.25) is 0 Å². The van der Waals surface area contributed by atoms with E-state index in [4.69, 9.17) is 0 Å². The summed E-state index contributed by atoms with van der Waals surface area (Å²) in [7, 11) is 1.93. The highest BCUT2D eigenvalue weighted by Gasteiger charge is 2.27. The molecule has 0 fully saturated rings. The molecular formula is C20H24N6. The first kappa shape index (κ1) is 16.6. The lowest BCUT2D eigenvalue weighted by atomic mass is 10.0. The van der Waals surface area contributed by atoms with Crippen LogP contribution in [0.15, 0.2) is 48.8 Å². The van der Waals surface area contributed by atoms with Crippen molar-refractivity contribution in [1.29, 1.82) is 0 Å². The van der Waals surface area contributed by atoms with Crippen LogP contribution in [0.3, 0.4) is 0 Å². The number of rotatable bonds is 5. The van der Waals surface area contributed by atoms with E-state index in [2.05, 4.69) is 62.5 Å². The Morgan fingerprint density at radius 2 is 2.08 bits per heavy atom. The number of benzene rings is 1. The Labute approximate surface area is 153 Å². The third-order valence-electron chi connectivity index (χ3n) is 4.93. The molecular weight excluding hydrogens is 324 g/mol. The summed E-state index contributed by atoms with van der Waals surface area (Å²) in [5.74, 6) is 1.95. The summed E-state index contributed by atoms with van der Waals surface area (Å²) in [4.78, 5) is 2.27. The maximum Gasteiger partial charge on any atom is 0.232 e. The van der Waals surface area contributed by atoms with Crippen LogP contribution < -0.4 is 4.90 Å². The molecule has 0 aliphatic carbocycles. The lowest BCUT2D eigenvalue weighted by Crippen LogP contribution is -2.20. The lowest BCUT2D eigenvalue weighted by Gasteiger charge is -2.21. The topological polar surface area (TPSA) is 51.8 Å². The number of nitrogens with zero attached hydrogens (tertiary/aromatic N) is 6. The highest BCUT2D eigenvalue weighted by molar-refractivity contribution is 5.66. The van der Waals surface area contributed by atoms with E-state index in [1.165, 1.54) is 11.3 Å². The first-order valence-electron chi connectivity index (χ1n) is 8.96. The van der Waals surface area contributed by atoms with E-state index in [1.54, 1.807) is 0 Å². The monoisotopic (exact) mass is 348 g/mol. The fourth-order valence-electron chi connectivity index (χ4n) is 3.61. The second-order valence-corrected chi connectivity index (χ2v) is 7.10. The maximum atomic E-state index is 4.57. The van der Waals surface area contributed by atoms with Crippen molar-refractivity contribution in [3.8, 4) is 0 Å². The average Bonchev–Trinajstić information content (AvgIpc) is 3.32. The molecule has 1 aliphatic heterocycles. The quantitative estimate of drug-likeness (QED) is 0.663. The summed E-state index contributed by atoms with van der Waals surface area (Å²) in [6.07, 6.45) is 4.97. The normalized spacial score (nSPS) is 14.5. The SMILES string of the molecule is C=C(C)Cn1c(C(C)c2cnn(C)c2)nnc1N1CCc2ccccc21. The molecule has 0 radical (unpaired) electrons. The molecule has 0 saturated carbocycles. The second-order valence-electron chi connectivity index (χ2n) is 7.10. The third-order valence-corrected chi connectivity index (χ3v) is 4.93. The number of aromatic nitrogens is 5. The van der Waals surface area contributed by atoms with Gasteiger partial charge in [0.1, 0.15) is 5.82 Å². The van der Waals surface area contributed by atoms with Crippen molar-refractivity contribution in [1.82, 2.24) is 24.5 Å². The first-order valence-corrected chi connectivity index (χ1v) is 8.96. The second kappa shape index (κ2) is 6.44. The molecule has 3 aromatic rings. The van der Waals surface area contributed by atoms with Crippen molar-refractivity contribution in [2.45, 2.75) is 32.7 Å². The number of fused-ring (bicyclic) bond motifs is 1. The predicted octanol–water partition coefficient (Wildman–Crippen LogP) is 3.43. The molecule has 134 valence electrons. The number of hydrogen-bond acceptors (Lipinski definition) is 4. The van der Waals surface area contributed by atoms with Gasteiger partial charge >= 0.3 is 0 Å². The van der Waals surface area contributed by atoms with Gasteiger partial charge < -0.3 is 4.90 Å². The van der Waals surface area contributed by atoms with Gasteiger partial charge in [0.2, 0.25) is 5.95 Å². The van der Waals surface area contributed by atoms with Gasteiger partial charge in [0.25, 0.3) is 0 Å². The van der Waals surface area contributed by atoms with Gasteiger partial charge in [-0.15, -0.1) is 10.2 Å². The van der Waals surface area contributed by atoms with Crippen LogP contribution in [-0.2, 0) is 20.0 Å². The molecule has 6 nitrogen and oxygen atoms in total. The lowest BCUT2D eigenvalue weighted by molar-refractivity contribution is 0.678. The molecule has 1 aliphatic rings. The molecule has 4 rings (SSSR count). The fraction of sp³-hybridized carbons (Fsp3) is 0.350. The van der Waals surface area contributed by atoms with Gasteiger partial charge in [0, 0.05) is 43.5 Å². The molecule has 1 atom stereocenters. The van der Waals surface area contributed by atoms with Crippen LogP contribution >= 0.6 is 0 Å². The Kier molecular flexibility index (Phi) is 4.11. The Morgan fingerprint density at radius 3 is 2.81 bits per heavy atom. The zero-order valence-electron chi connectivity index (χ0n) is 15.6. The maximum absolute atomic E-state index is 4.57. The summed E-state index contributed by atoms with van der Waals surface area (Å²) in [5.41, 5.74) is 4.80. The van der Waals surface area contributed by atoms with Gasteiger partial charge in [-0.3, -0.25) is 9.25 Å². The van der Waals surface area contributed by atoms with Crippen molar-refractivity contribution in [2.75, 3.05) is 11.4 Å². The van der Waals surface area contributed by atoms with E-state index in [9.17, 15) is 0 Å². The van der Waals surface area contributed by atoms with Crippen LogP contribution in [0.5, 0.6) is 0 Å². The van der Waals surface area contributed by atoms with E-state index in [1.807, 2.05) is 31.0 Å². The number of hydrogen-bond donors (Lipinski definition) is 0. The van der Waals surface area contributed by atoms with Crippen molar-refractivity contribution >= 4 is 11.6 Å². The number of aryl methyl sites for hydroxylation is 1. The van der Waals surface area contributed by atoms with E-state index < -0.39 is 0 Å². The van der Waals surface area contributed by atoms with Crippen LogP contribution in [0.1, 0.15) is 36.7 Å². The highest BCUT2D eigenvalue weighted by atomic mass is 15.4. The Morgan fingerprint density at radius 1 is 1.27 bits per heavy atom. The molecule has 0 bridgehead atoms. The molecule has 26 heavy (non-hydrogen) atoms. The molecule has 0 spiro atoms. The Balaban J connectivity index is 1.77. The Bertz CT molecular complexity index is 951. The molecule has 1 unspecified atom stereocenters. The third kappa shape index (κ3) is 2.81. The number of para-hydroxylation sites is 1. The van der Waals surface area contributed by atoms with Gasteiger partial charge in [-0.2, -0.15) is 5.10 Å². The van der Waals surface area contributed by atoms with Gasteiger partial charge in [-0.25, -0.2) is 0 Å². The average molecular weight is 348 g/mol. The van der Waals surface area contributed by atoms with Crippen molar-refractivity contribution in [3.05, 3.63) is 65.8 Å². The van der Waals surface area contributed by atoms with Crippen LogP contribution in [0.4, 0.5) is 11.6 Å². The summed E-state index contributed by atoms with van der Waals surface area (Å²) in [6, 6.07) is 8.52. The van der Waals surface area contributed by atoms with Gasteiger partial charge in [0.05, 0.1) is 6.20 Å². The predicted molar refractivity (Wildman–Crippen MR) is 103 cm³/mol.